The summed E-state index contributed by atoms with van der Waals surface area (Å²) >= 11 is 0. The van der Waals surface area contributed by atoms with Crippen molar-refractivity contribution in [3.63, 3.8) is 0 Å². The Morgan fingerprint density at radius 1 is 1.44 bits per heavy atom. The number of likely N-dealkylation sites (N-methyl/N-ethyl adjacent to an activating group) is 1. The van der Waals surface area contributed by atoms with Crippen molar-refractivity contribution in [2.75, 3.05) is 20.7 Å². The Kier molecular flexibility index (Phi) is 4.33. The quantitative estimate of drug-likeness (QED) is 0.760. The molecule has 0 saturated carbocycles. The zero-order chi connectivity index (χ0) is 13.0. The first-order valence-electron chi connectivity index (χ1n) is 6.32. The third-order valence-corrected chi connectivity index (χ3v) is 3.44. The third-order valence-electron chi connectivity index (χ3n) is 3.44. The van der Waals surface area contributed by atoms with E-state index >= 15 is 0 Å². The van der Waals surface area contributed by atoms with Crippen LogP contribution in [0.15, 0.2) is 30.3 Å². The summed E-state index contributed by atoms with van der Waals surface area (Å²) in [6, 6.07) is 9.86. The van der Waals surface area contributed by atoms with Gasteiger partial charge in [0.05, 0.1) is 19.7 Å². The predicted octanol–water partition coefficient (Wildman–Crippen LogP) is 1.67. The lowest BCUT2D eigenvalue weighted by Gasteiger charge is -2.26. The summed E-state index contributed by atoms with van der Waals surface area (Å²) in [6.07, 6.45) is 2.00. The lowest BCUT2D eigenvalue weighted by atomic mass is 10.2. The second-order valence-electron chi connectivity index (χ2n) is 4.68. The molecule has 1 amide bonds. The highest BCUT2D eigenvalue weighted by molar-refractivity contribution is 5.81. The standard InChI is InChI=1S/C14H20N2O2/c1-15-10-6-9-13(15)14(17)16(18-2)11-12-7-4-3-5-8-12/h3-5,7-8,13H,6,9-11H2,1-2H3/t13-/m0/s1. The number of rotatable bonds is 4. The van der Waals surface area contributed by atoms with Gasteiger partial charge in [0.25, 0.3) is 5.91 Å². The molecular weight excluding hydrogens is 228 g/mol. The molecule has 2 rings (SSSR count). The number of benzene rings is 1. The van der Waals surface area contributed by atoms with E-state index in [1.54, 1.807) is 7.11 Å². The number of amides is 1. The molecule has 0 aliphatic carbocycles. The van der Waals surface area contributed by atoms with Crippen LogP contribution < -0.4 is 0 Å². The molecule has 1 fully saturated rings. The number of nitrogens with zero attached hydrogens (tertiary/aromatic N) is 2. The molecule has 1 aliphatic heterocycles. The van der Waals surface area contributed by atoms with Gasteiger partial charge in [-0.05, 0) is 32.0 Å². The first-order chi connectivity index (χ1) is 8.72. The first kappa shape index (κ1) is 13.1. The van der Waals surface area contributed by atoms with Crippen LogP contribution in [-0.2, 0) is 16.2 Å². The maximum absolute atomic E-state index is 12.4. The van der Waals surface area contributed by atoms with Crippen molar-refractivity contribution < 1.29 is 9.63 Å². The van der Waals surface area contributed by atoms with Gasteiger partial charge in [0, 0.05) is 0 Å². The molecule has 1 aliphatic rings. The average molecular weight is 248 g/mol. The number of hydrogen-bond donors (Lipinski definition) is 0. The normalized spacial score (nSPS) is 20.0. The van der Waals surface area contributed by atoms with Gasteiger partial charge < -0.3 is 0 Å². The third kappa shape index (κ3) is 2.89. The molecule has 0 N–H and O–H groups in total. The Bertz CT molecular complexity index is 394. The van der Waals surface area contributed by atoms with Gasteiger partial charge in [-0.3, -0.25) is 14.5 Å². The van der Waals surface area contributed by atoms with Crippen molar-refractivity contribution in [3.8, 4) is 0 Å². The Morgan fingerprint density at radius 2 is 2.17 bits per heavy atom. The summed E-state index contributed by atoms with van der Waals surface area (Å²) in [5.41, 5.74) is 1.08. The van der Waals surface area contributed by atoms with E-state index in [0.717, 1.165) is 24.9 Å². The largest absolute Gasteiger partial charge is 0.295 e. The second-order valence-corrected chi connectivity index (χ2v) is 4.68. The van der Waals surface area contributed by atoms with Crippen molar-refractivity contribution in [2.24, 2.45) is 0 Å². The average Bonchev–Trinajstić information content (AvgIpc) is 2.82. The zero-order valence-electron chi connectivity index (χ0n) is 11.0. The van der Waals surface area contributed by atoms with E-state index < -0.39 is 0 Å². The molecule has 4 heteroatoms. The smallest absolute Gasteiger partial charge is 0.263 e. The molecule has 1 aromatic rings. The van der Waals surface area contributed by atoms with Crippen LogP contribution >= 0.6 is 0 Å². The molecule has 0 bridgehead atoms. The van der Waals surface area contributed by atoms with Crippen LogP contribution in [0.4, 0.5) is 0 Å². The molecule has 1 atom stereocenters. The van der Waals surface area contributed by atoms with Gasteiger partial charge in [-0.2, -0.15) is 0 Å². The topological polar surface area (TPSA) is 32.8 Å². The van der Waals surface area contributed by atoms with Crippen molar-refractivity contribution in [2.45, 2.75) is 25.4 Å². The lowest BCUT2D eigenvalue weighted by molar-refractivity contribution is -0.183. The minimum absolute atomic E-state index is 0.0336. The zero-order valence-corrected chi connectivity index (χ0v) is 11.0. The van der Waals surface area contributed by atoms with Crippen LogP contribution in [-0.4, -0.2) is 42.6 Å². The number of likely N-dealkylation sites (tertiary alicyclic amines) is 1. The van der Waals surface area contributed by atoms with E-state index in [1.807, 2.05) is 37.4 Å². The van der Waals surface area contributed by atoms with E-state index in [-0.39, 0.29) is 11.9 Å². The summed E-state index contributed by atoms with van der Waals surface area (Å²) in [4.78, 5) is 19.7. The van der Waals surface area contributed by atoms with Gasteiger partial charge in [0.2, 0.25) is 0 Å². The molecule has 1 aromatic carbocycles. The summed E-state index contributed by atoms with van der Waals surface area (Å²) in [6.45, 7) is 1.49. The van der Waals surface area contributed by atoms with Gasteiger partial charge in [-0.25, -0.2) is 5.06 Å². The summed E-state index contributed by atoms with van der Waals surface area (Å²) in [7, 11) is 3.54. The van der Waals surface area contributed by atoms with E-state index in [9.17, 15) is 4.79 Å². The van der Waals surface area contributed by atoms with E-state index in [2.05, 4.69) is 4.90 Å². The molecule has 0 spiro atoms. The van der Waals surface area contributed by atoms with Crippen molar-refractivity contribution in [3.05, 3.63) is 35.9 Å². The summed E-state index contributed by atoms with van der Waals surface area (Å²) in [5, 5.41) is 1.46. The highest BCUT2D eigenvalue weighted by Crippen LogP contribution is 2.18. The number of hydroxylamine groups is 2. The fourth-order valence-electron chi connectivity index (χ4n) is 2.37. The first-order valence-corrected chi connectivity index (χ1v) is 6.32. The maximum Gasteiger partial charge on any atom is 0.263 e. The van der Waals surface area contributed by atoms with Crippen LogP contribution in [0.25, 0.3) is 0 Å². The second kappa shape index (κ2) is 5.98. The van der Waals surface area contributed by atoms with E-state index in [1.165, 1.54) is 5.06 Å². The molecule has 1 heterocycles. The molecular formula is C14H20N2O2. The molecule has 0 radical (unpaired) electrons. The van der Waals surface area contributed by atoms with Crippen LogP contribution in [0.1, 0.15) is 18.4 Å². The predicted molar refractivity (Wildman–Crippen MR) is 69.7 cm³/mol. The fraction of sp³-hybridized carbons (Fsp3) is 0.500. The van der Waals surface area contributed by atoms with Crippen LogP contribution in [0.2, 0.25) is 0 Å². The van der Waals surface area contributed by atoms with Crippen molar-refractivity contribution in [1.82, 2.24) is 9.96 Å². The Morgan fingerprint density at radius 3 is 2.72 bits per heavy atom. The van der Waals surface area contributed by atoms with Gasteiger partial charge in [-0.15, -0.1) is 0 Å². The van der Waals surface area contributed by atoms with Crippen LogP contribution in [0.5, 0.6) is 0 Å². The van der Waals surface area contributed by atoms with Gasteiger partial charge >= 0.3 is 0 Å². The van der Waals surface area contributed by atoms with Crippen molar-refractivity contribution >= 4 is 5.91 Å². The molecule has 1 saturated heterocycles. The molecule has 0 unspecified atom stereocenters. The summed E-state index contributed by atoms with van der Waals surface area (Å²) < 4.78 is 0. The highest BCUT2D eigenvalue weighted by Gasteiger charge is 2.31. The number of hydrogen-bond acceptors (Lipinski definition) is 3. The van der Waals surface area contributed by atoms with Crippen LogP contribution in [0, 0.1) is 0 Å². The fourth-order valence-corrected chi connectivity index (χ4v) is 2.37. The van der Waals surface area contributed by atoms with E-state index in [0.29, 0.717) is 6.54 Å². The summed E-state index contributed by atoms with van der Waals surface area (Å²) in [5.74, 6) is 0.0568. The minimum atomic E-state index is -0.0336. The number of carbonyl (C=O) groups excluding carboxylic acids is 1. The van der Waals surface area contributed by atoms with Crippen LogP contribution in [0.3, 0.4) is 0 Å². The van der Waals surface area contributed by atoms with Gasteiger partial charge in [0.15, 0.2) is 0 Å². The monoisotopic (exact) mass is 248 g/mol. The Balaban J connectivity index is 2.02. The highest BCUT2D eigenvalue weighted by atomic mass is 16.7. The SMILES string of the molecule is CON(Cc1ccccc1)C(=O)[C@@H]1CCCN1C. The van der Waals surface area contributed by atoms with Crippen molar-refractivity contribution in [1.29, 1.82) is 0 Å². The minimum Gasteiger partial charge on any atom is -0.295 e. The Hall–Kier alpha value is -1.39. The molecule has 98 valence electrons. The lowest BCUT2D eigenvalue weighted by Crippen LogP contribution is -2.43. The molecule has 4 nitrogen and oxygen atoms in total. The number of carbonyl (C=O) groups is 1. The maximum atomic E-state index is 12.4. The molecule has 18 heavy (non-hydrogen) atoms. The van der Waals surface area contributed by atoms with Gasteiger partial charge in [0.1, 0.15) is 0 Å². The molecule has 0 aromatic heterocycles. The van der Waals surface area contributed by atoms with E-state index in [4.69, 9.17) is 4.84 Å². The van der Waals surface area contributed by atoms with Gasteiger partial charge in [-0.1, -0.05) is 30.3 Å². The Labute approximate surface area is 108 Å².